The highest BCUT2D eigenvalue weighted by atomic mass is 16.2. The lowest BCUT2D eigenvalue weighted by molar-refractivity contribution is -0.133. The quantitative estimate of drug-likeness (QED) is 0.516. The van der Waals surface area contributed by atoms with Crippen molar-refractivity contribution in [2.24, 2.45) is 0 Å². The molecule has 31 heavy (non-hydrogen) atoms. The molecule has 0 radical (unpaired) electrons. The van der Waals surface area contributed by atoms with E-state index in [0.717, 1.165) is 41.0 Å². The first-order valence-electron chi connectivity index (χ1n) is 10.6. The molecular weight excluding hydrogens is 386 g/mol. The summed E-state index contributed by atoms with van der Waals surface area (Å²) < 4.78 is 2.07. The molecule has 3 aromatic heterocycles. The zero-order valence-electron chi connectivity index (χ0n) is 17.6. The van der Waals surface area contributed by atoms with E-state index in [9.17, 15) is 4.79 Å². The van der Waals surface area contributed by atoms with Crippen molar-refractivity contribution in [3.8, 4) is 11.1 Å². The fourth-order valence-corrected chi connectivity index (χ4v) is 4.26. The van der Waals surface area contributed by atoms with Crippen LogP contribution in [0, 0.1) is 0 Å². The zero-order chi connectivity index (χ0) is 21.2. The van der Waals surface area contributed by atoms with Crippen molar-refractivity contribution in [2.45, 2.75) is 12.5 Å². The average molecular weight is 412 g/mol. The molecule has 4 heterocycles. The van der Waals surface area contributed by atoms with Crippen LogP contribution >= 0.6 is 0 Å². The lowest BCUT2D eigenvalue weighted by atomic mass is 10.1. The van der Waals surface area contributed by atoms with Crippen molar-refractivity contribution in [3.05, 3.63) is 90.8 Å². The third-order valence-electron chi connectivity index (χ3n) is 6.07. The van der Waals surface area contributed by atoms with E-state index in [0.29, 0.717) is 13.0 Å². The summed E-state index contributed by atoms with van der Waals surface area (Å²) in [4.78, 5) is 26.2. The Balaban J connectivity index is 1.38. The maximum Gasteiger partial charge on any atom is 0.227 e. The van der Waals surface area contributed by atoms with E-state index >= 15 is 0 Å². The summed E-state index contributed by atoms with van der Waals surface area (Å²) in [6.45, 7) is 2.23. The monoisotopic (exact) mass is 411 g/mol. The van der Waals surface area contributed by atoms with Crippen LogP contribution in [0.3, 0.4) is 0 Å². The molecule has 1 amide bonds. The molecule has 0 spiro atoms. The molecule has 0 N–H and O–H groups in total. The SMILES string of the molecule is CN1CCN(C(=O)Cc2ccccc2)C[C@@H]1c1ncn2cc(-c3cccnc3)ccc12. The summed E-state index contributed by atoms with van der Waals surface area (Å²) in [6.07, 6.45) is 8.04. The van der Waals surface area contributed by atoms with Gasteiger partial charge in [0, 0.05) is 43.8 Å². The number of carbonyl (C=O) groups is 1. The van der Waals surface area contributed by atoms with Gasteiger partial charge in [0.05, 0.1) is 30.0 Å². The molecule has 0 saturated carbocycles. The summed E-state index contributed by atoms with van der Waals surface area (Å²) in [7, 11) is 2.11. The third-order valence-corrected chi connectivity index (χ3v) is 6.07. The van der Waals surface area contributed by atoms with Gasteiger partial charge in [0.1, 0.15) is 0 Å². The highest BCUT2D eigenvalue weighted by molar-refractivity contribution is 5.79. The zero-order valence-corrected chi connectivity index (χ0v) is 17.6. The average Bonchev–Trinajstić information content (AvgIpc) is 3.23. The normalized spacial score (nSPS) is 17.2. The lowest BCUT2D eigenvalue weighted by Gasteiger charge is -2.39. The molecular formula is C25H25N5O. The molecule has 1 aliphatic heterocycles. The van der Waals surface area contributed by atoms with Crippen molar-refractivity contribution in [2.75, 3.05) is 26.7 Å². The molecule has 0 aliphatic carbocycles. The first-order valence-corrected chi connectivity index (χ1v) is 10.6. The number of rotatable bonds is 4. The maximum absolute atomic E-state index is 12.9. The maximum atomic E-state index is 12.9. The lowest BCUT2D eigenvalue weighted by Crippen LogP contribution is -2.49. The number of carbonyl (C=O) groups excluding carboxylic acids is 1. The highest BCUT2D eigenvalue weighted by Crippen LogP contribution is 2.28. The first-order chi connectivity index (χ1) is 15.2. The molecule has 6 nitrogen and oxygen atoms in total. The largest absolute Gasteiger partial charge is 0.339 e. The van der Waals surface area contributed by atoms with Gasteiger partial charge in [-0.15, -0.1) is 0 Å². The molecule has 1 fully saturated rings. The fourth-order valence-electron chi connectivity index (χ4n) is 4.26. The molecule has 0 bridgehead atoms. The van der Waals surface area contributed by atoms with Crippen LogP contribution in [0.25, 0.3) is 16.6 Å². The van der Waals surface area contributed by atoms with Gasteiger partial charge < -0.3 is 9.30 Å². The molecule has 156 valence electrons. The molecule has 0 unspecified atom stereocenters. The van der Waals surface area contributed by atoms with Gasteiger partial charge in [-0.25, -0.2) is 4.98 Å². The number of hydrogen-bond acceptors (Lipinski definition) is 4. The Morgan fingerprint density at radius 3 is 2.71 bits per heavy atom. The summed E-state index contributed by atoms with van der Waals surface area (Å²) >= 11 is 0. The predicted octanol–water partition coefficient (Wildman–Crippen LogP) is 3.45. The Kier molecular flexibility index (Phi) is 5.22. The molecule has 1 aromatic carbocycles. The van der Waals surface area contributed by atoms with Crippen molar-refractivity contribution in [3.63, 3.8) is 0 Å². The third kappa shape index (κ3) is 3.94. The van der Waals surface area contributed by atoms with Gasteiger partial charge in [-0.2, -0.15) is 0 Å². The van der Waals surface area contributed by atoms with E-state index in [2.05, 4.69) is 45.7 Å². The number of piperazine rings is 1. The predicted molar refractivity (Wildman–Crippen MR) is 121 cm³/mol. The number of amides is 1. The van der Waals surface area contributed by atoms with E-state index in [1.165, 1.54) is 0 Å². The second-order valence-corrected chi connectivity index (χ2v) is 8.08. The van der Waals surface area contributed by atoms with Crippen molar-refractivity contribution >= 4 is 11.4 Å². The number of benzene rings is 1. The van der Waals surface area contributed by atoms with Gasteiger partial charge in [0.2, 0.25) is 5.91 Å². The second-order valence-electron chi connectivity index (χ2n) is 8.08. The number of hydrogen-bond donors (Lipinski definition) is 0. The second kappa shape index (κ2) is 8.32. The number of aromatic nitrogens is 3. The first kappa shape index (κ1) is 19.5. The Bertz CT molecular complexity index is 1190. The van der Waals surface area contributed by atoms with Crippen LogP contribution in [-0.2, 0) is 11.2 Å². The van der Waals surface area contributed by atoms with Gasteiger partial charge >= 0.3 is 0 Å². The number of nitrogens with zero attached hydrogens (tertiary/aromatic N) is 5. The van der Waals surface area contributed by atoms with Crippen molar-refractivity contribution in [1.82, 2.24) is 24.2 Å². The van der Waals surface area contributed by atoms with E-state index < -0.39 is 0 Å². The summed E-state index contributed by atoms with van der Waals surface area (Å²) in [5.74, 6) is 0.173. The van der Waals surface area contributed by atoms with Crippen LogP contribution in [0.1, 0.15) is 17.3 Å². The van der Waals surface area contributed by atoms with Crippen LogP contribution in [-0.4, -0.2) is 56.8 Å². The number of imidazole rings is 1. The molecule has 5 rings (SSSR count). The number of likely N-dealkylation sites (N-methyl/N-ethyl adjacent to an activating group) is 1. The van der Waals surface area contributed by atoms with E-state index in [-0.39, 0.29) is 11.9 Å². The molecule has 6 heteroatoms. The van der Waals surface area contributed by atoms with Gasteiger partial charge in [0.15, 0.2) is 0 Å². The summed E-state index contributed by atoms with van der Waals surface area (Å²) in [5, 5.41) is 0. The standard InChI is InChI=1S/C25H25N5O/c1-28-12-13-29(24(31)14-19-6-3-2-4-7-19)17-23(28)25-22-10-9-21(16-30(22)18-27-25)20-8-5-11-26-15-20/h2-11,15-16,18,23H,12-14,17H2,1H3/t23-/m1/s1. The Hall–Kier alpha value is -3.51. The Labute approximate surface area is 181 Å². The summed E-state index contributed by atoms with van der Waals surface area (Å²) in [5.41, 5.74) is 5.31. The van der Waals surface area contributed by atoms with Crippen LogP contribution in [0.5, 0.6) is 0 Å². The van der Waals surface area contributed by atoms with E-state index in [4.69, 9.17) is 4.98 Å². The minimum atomic E-state index is 0.0720. The smallest absolute Gasteiger partial charge is 0.227 e. The molecule has 1 aliphatic rings. The van der Waals surface area contributed by atoms with Crippen LogP contribution in [0.2, 0.25) is 0 Å². The van der Waals surface area contributed by atoms with E-state index in [1.807, 2.05) is 53.8 Å². The molecule has 4 aromatic rings. The molecule has 1 saturated heterocycles. The highest BCUT2D eigenvalue weighted by Gasteiger charge is 2.30. The van der Waals surface area contributed by atoms with Crippen molar-refractivity contribution in [1.29, 1.82) is 0 Å². The van der Waals surface area contributed by atoms with Gasteiger partial charge in [-0.3, -0.25) is 14.7 Å². The Morgan fingerprint density at radius 2 is 1.90 bits per heavy atom. The number of pyridine rings is 2. The minimum absolute atomic E-state index is 0.0720. The van der Waals surface area contributed by atoms with Gasteiger partial charge in [0.25, 0.3) is 0 Å². The number of fused-ring (bicyclic) bond motifs is 1. The topological polar surface area (TPSA) is 53.7 Å². The summed E-state index contributed by atoms with van der Waals surface area (Å²) in [6, 6.07) is 18.2. The van der Waals surface area contributed by atoms with Crippen LogP contribution in [0.15, 0.2) is 79.5 Å². The van der Waals surface area contributed by atoms with Gasteiger partial charge in [-0.05, 0) is 30.3 Å². The van der Waals surface area contributed by atoms with Crippen LogP contribution in [0.4, 0.5) is 0 Å². The van der Waals surface area contributed by atoms with Crippen molar-refractivity contribution < 1.29 is 4.79 Å². The van der Waals surface area contributed by atoms with Crippen LogP contribution < -0.4 is 0 Å². The minimum Gasteiger partial charge on any atom is -0.339 e. The fraction of sp³-hybridized carbons (Fsp3) is 0.240. The Morgan fingerprint density at radius 1 is 1.03 bits per heavy atom. The van der Waals surface area contributed by atoms with E-state index in [1.54, 1.807) is 6.20 Å². The van der Waals surface area contributed by atoms with Gasteiger partial charge in [-0.1, -0.05) is 42.5 Å². The molecule has 1 atom stereocenters.